The highest BCUT2D eigenvalue weighted by Crippen LogP contribution is 2.43. The van der Waals surface area contributed by atoms with Gasteiger partial charge in [-0.1, -0.05) is 89.1 Å². The number of amides is 2. The maximum atomic E-state index is 12.8. The molecule has 178 valence electrons. The smallest absolute Gasteiger partial charge is 0.238 e. The maximum absolute atomic E-state index is 12.8. The predicted molar refractivity (Wildman–Crippen MR) is 141 cm³/mol. The summed E-state index contributed by atoms with van der Waals surface area (Å²) in [4.78, 5) is 27.0. The van der Waals surface area contributed by atoms with Crippen LogP contribution in [0.4, 0.5) is 11.4 Å². The Hall–Kier alpha value is -2.27. The van der Waals surface area contributed by atoms with Crippen LogP contribution in [0.5, 0.6) is 0 Å². The first-order valence-electron chi connectivity index (χ1n) is 12.6. The van der Waals surface area contributed by atoms with Gasteiger partial charge in [-0.2, -0.15) is 0 Å². The van der Waals surface area contributed by atoms with Gasteiger partial charge < -0.3 is 5.32 Å². The molecule has 1 unspecified atom stereocenters. The van der Waals surface area contributed by atoms with Crippen molar-refractivity contribution in [3.63, 3.8) is 0 Å². The van der Waals surface area contributed by atoms with E-state index in [4.69, 9.17) is 0 Å². The molecule has 0 spiro atoms. The summed E-state index contributed by atoms with van der Waals surface area (Å²) in [5.41, 5.74) is 4.14. The van der Waals surface area contributed by atoms with Gasteiger partial charge in [-0.05, 0) is 42.2 Å². The fourth-order valence-electron chi connectivity index (χ4n) is 4.35. The highest BCUT2D eigenvalue weighted by molar-refractivity contribution is 8.00. The van der Waals surface area contributed by atoms with Crippen molar-refractivity contribution in [2.75, 3.05) is 16.0 Å². The summed E-state index contributed by atoms with van der Waals surface area (Å²) in [5, 5.41) is 2.99. The van der Waals surface area contributed by atoms with Gasteiger partial charge in [-0.3, -0.25) is 14.5 Å². The van der Waals surface area contributed by atoms with Crippen LogP contribution >= 0.6 is 11.8 Å². The normalized spacial score (nSPS) is 15.8. The number of nitrogens with one attached hydrogen (secondary N) is 1. The second kappa shape index (κ2) is 13.4. The molecular weight excluding hydrogens is 428 g/mol. The van der Waals surface area contributed by atoms with Crippen molar-refractivity contribution in [2.45, 2.75) is 83.4 Å². The molecule has 1 N–H and O–H groups in total. The summed E-state index contributed by atoms with van der Waals surface area (Å²) in [6.07, 6.45) is 11.0. The first kappa shape index (κ1) is 25.4. The Balaban J connectivity index is 1.56. The van der Waals surface area contributed by atoms with E-state index in [2.05, 4.69) is 31.3 Å². The largest absolute Gasteiger partial charge is 0.326 e. The molecule has 2 amide bonds. The monoisotopic (exact) mass is 466 g/mol. The van der Waals surface area contributed by atoms with Crippen LogP contribution in [0.1, 0.15) is 88.1 Å². The molecule has 2 aromatic rings. The van der Waals surface area contributed by atoms with Gasteiger partial charge in [0.15, 0.2) is 0 Å². The molecule has 1 aliphatic heterocycles. The average Bonchev–Trinajstić information content (AvgIpc) is 3.20. The molecule has 3 rings (SSSR count). The van der Waals surface area contributed by atoms with E-state index in [-0.39, 0.29) is 17.2 Å². The van der Waals surface area contributed by atoms with Crippen molar-refractivity contribution in [1.82, 2.24) is 0 Å². The van der Waals surface area contributed by atoms with Crippen molar-refractivity contribution in [2.24, 2.45) is 0 Å². The van der Waals surface area contributed by atoms with Gasteiger partial charge in [0.05, 0.1) is 5.75 Å². The van der Waals surface area contributed by atoms with Crippen LogP contribution in [0, 0.1) is 0 Å². The van der Waals surface area contributed by atoms with Crippen molar-refractivity contribution >= 4 is 35.0 Å². The Kier molecular flexibility index (Phi) is 10.3. The molecule has 0 aromatic heterocycles. The van der Waals surface area contributed by atoms with Gasteiger partial charge in [0.25, 0.3) is 0 Å². The molecule has 1 atom stereocenters. The highest BCUT2D eigenvalue weighted by atomic mass is 32.2. The number of unbranched alkanes of at least 4 members (excludes halogenated alkanes) is 6. The molecule has 1 fully saturated rings. The molecule has 1 heterocycles. The van der Waals surface area contributed by atoms with Crippen LogP contribution < -0.4 is 10.2 Å². The predicted octanol–water partition coefficient (Wildman–Crippen LogP) is 7.50. The Labute approximate surface area is 203 Å². The number of rotatable bonds is 13. The number of anilines is 2. The van der Waals surface area contributed by atoms with Gasteiger partial charge in [0, 0.05) is 17.8 Å². The second-order valence-electron chi connectivity index (χ2n) is 8.85. The highest BCUT2D eigenvalue weighted by Gasteiger charge is 2.34. The zero-order valence-corrected chi connectivity index (χ0v) is 21.0. The van der Waals surface area contributed by atoms with Crippen LogP contribution in [-0.4, -0.2) is 17.6 Å². The summed E-state index contributed by atoms with van der Waals surface area (Å²) in [7, 11) is 0. The lowest BCUT2D eigenvalue weighted by molar-refractivity contribution is -0.116. The first-order valence-corrected chi connectivity index (χ1v) is 13.6. The fraction of sp³-hybridized carbons (Fsp3) is 0.500. The van der Waals surface area contributed by atoms with Crippen LogP contribution in [0.3, 0.4) is 0 Å². The third kappa shape index (κ3) is 7.36. The summed E-state index contributed by atoms with van der Waals surface area (Å²) in [6, 6.07) is 16.2. The van der Waals surface area contributed by atoms with Crippen LogP contribution in [-0.2, 0) is 16.0 Å². The molecule has 2 aromatic carbocycles. The van der Waals surface area contributed by atoms with Gasteiger partial charge in [0.2, 0.25) is 11.8 Å². The number of carbonyl (C=O) groups excluding carboxylic acids is 2. The molecule has 0 aliphatic carbocycles. The minimum Gasteiger partial charge on any atom is -0.326 e. The van der Waals surface area contributed by atoms with Crippen molar-refractivity contribution in [3.8, 4) is 0 Å². The standard InChI is InChI=1S/C28H38N2O2S/c1-3-5-6-7-8-9-10-16-26(31)29-24-19-17-23(18-20-24)28-30(27(32)21-33-28)25-15-12-11-14-22(25)13-4-2/h11-12,14-15,17-20,28H,3-10,13,16,21H2,1-2H3,(H,29,31). The Morgan fingerprint density at radius 3 is 2.36 bits per heavy atom. The molecule has 0 bridgehead atoms. The van der Waals surface area contributed by atoms with Crippen LogP contribution in [0.25, 0.3) is 0 Å². The van der Waals surface area contributed by atoms with E-state index in [9.17, 15) is 9.59 Å². The molecule has 4 nitrogen and oxygen atoms in total. The van der Waals surface area contributed by atoms with Crippen molar-refractivity contribution in [3.05, 3.63) is 59.7 Å². The number of carbonyl (C=O) groups is 2. The molecule has 0 saturated carbocycles. The number of benzene rings is 2. The SMILES string of the molecule is CCCCCCCCCC(=O)Nc1ccc(C2SCC(=O)N2c2ccccc2CCC)cc1. The Morgan fingerprint density at radius 2 is 1.64 bits per heavy atom. The molecule has 0 radical (unpaired) electrons. The number of thioether (sulfide) groups is 1. The van der Waals surface area contributed by atoms with Gasteiger partial charge in [0.1, 0.15) is 5.37 Å². The number of para-hydroxylation sites is 1. The number of nitrogens with zero attached hydrogens (tertiary/aromatic N) is 1. The van der Waals surface area contributed by atoms with E-state index in [1.807, 2.05) is 41.3 Å². The third-order valence-electron chi connectivity index (χ3n) is 6.13. The summed E-state index contributed by atoms with van der Waals surface area (Å²) >= 11 is 1.66. The van der Waals surface area contributed by atoms with Crippen LogP contribution in [0.15, 0.2) is 48.5 Å². The Bertz CT molecular complexity index is 897. The van der Waals surface area contributed by atoms with E-state index >= 15 is 0 Å². The zero-order valence-electron chi connectivity index (χ0n) is 20.1. The minimum absolute atomic E-state index is 0.0343. The lowest BCUT2D eigenvalue weighted by atomic mass is 10.1. The van der Waals surface area contributed by atoms with Gasteiger partial charge >= 0.3 is 0 Å². The Morgan fingerprint density at radius 1 is 0.939 bits per heavy atom. The molecular formula is C28H38N2O2S. The molecule has 1 saturated heterocycles. The number of hydrogen-bond donors (Lipinski definition) is 1. The van der Waals surface area contributed by atoms with E-state index in [1.165, 1.54) is 37.7 Å². The molecule has 1 aliphatic rings. The number of aryl methyl sites for hydroxylation is 1. The lowest BCUT2D eigenvalue weighted by Gasteiger charge is -2.26. The summed E-state index contributed by atoms with van der Waals surface area (Å²) < 4.78 is 0. The molecule has 5 heteroatoms. The summed E-state index contributed by atoms with van der Waals surface area (Å²) in [5.74, 6) is 0.722. The van der Waals surface area contributed by atoms with E-state index in [0.717, 1.165) is 42.6 Å². The average molecular weight is 467 g/mol. The first-order chi connectivity index (χ1) is 16.1. The fourth-order valence-corrected chi connectivity index (χ4v) is 5.52. The minimum atomic E-state index is -0.0343. The van der Waals surface area contributed by atoms with E-state index < -0.39 is 0 Å². The topological polar surface area (TPSA) is 49.4 Å². The van der Waals surface area contributed by atoms with E-state index in [0.29, 0.717) is 12.2 Å². The van der Waals surface area contributed by atoms with E-state index in [1.54, 1.807) is 11.8 Å². The third-order valence-corrected chi connectivity index (χ3v) is 7.34. The second-order valence-corrected chi connectivity index (χ2v) is 9.92. The van der Waals surface area contributed by atoms with Crippen molar-refractivity contribution < 1.29 is 9.59 Å². The quantitative estimate of drug-likeness (QED) is 0.311. The number of hydrogen-bond acceptors (Lipinski definition) is 3. The molecule has 33 heavy (non-hydrogen) atoms. The van der Waals surface area contributed by atoms with Crippen LogP contribution in [0.2, 0.25) is 0 Å². The zero-order chi connectivity index (χ0) is 23.5. The lowest BCUT2D eigenvalue weighted by Crippen LogP contribution is -2.28. The van der Waals surface area contributed by atoms with Crippen molar-refractivity contribution in [1.29, 1.82) is 0 Å². The van der Waals surface area contributed by atoms with Gasteiger partial charge in [-0.15, -0.1) is 11.8 Å². The summed E-state index contributed by atoms with van der Waals surface area (Å²) in [6.45, 7) is 4.39. The maximum Gasteiger partial charge on any atom is 0.238 e. The van der Waals surface area contributed by atoms with Gasteiger partial charge in [-0.25, -0.2) is 0 Å².